The van der Waals surface area contributed by atoms with E-state index < -0.39 is 0 Å². The van der Waals surface area contributed by atoms with E-state index in [2.05, 4.69) is 11.1 Å². The fourth-order valence-corrected chi connectivity index (χ4v) is 2.43. The zero-order chi connectivity index (χ0) is 11.7. The molecule has 3 rings (SSSR count). The Morgan fingerprint density at radius 1 is 1.29 bits per heavy atom. The molecular weight excluding hydrogens is 232 g/mol. The standard InChI is InChI=1S/C13H8N2OS/c14-8-11-9(12-3-1-5-16-12)7-10(15-11)13-4-2-6-17-13/h1-7,15H. The molecule has 0 saturated heterocycles. The minimum Gasteiger partial charge on any atom is -0.464 e. The molecule has 82 valence electrons. The van der Waals surface area contributed by atoms with Crippen molar-refractivity contribution >= 4 is 11.3 Å². The van der Waals surface area contributed by atoms with Crippen LogP contribution in [0.15, 0.2) is 46.4 Å². The molecule has 0 bridgehead atoms. The number of hydrogen-bond acceptors (Lipinski definition) is 3. The summed E-state index contributed by atoms with van der Waals surface area (Å²) in [5.41, 5.74) is 2.28. The van der Waals surface area contributed by atoms with E-state index >= 15 is 0 Å². The average Bonchev–Trinajstić information content (AvgIpc) is 3.09. The van der Waals surface area contributed by atoms with E-state index in [1.807, 2.05) is 35.7 Å². The zero-order valence-electron chi connectivity index (χ0n) is 8.81. The lowest BCUT2D eigenvalue weighted by molar-refractivity contribution is 0.582. The third-order valence-electron chi connectivity index (χ3n) is 2.50. The van der Waals surface area contributed by atoms with Gasteiger partial charge in [0.05, 0.1) is 22.4 Å². The lowest BCUT2D eigenvalue weighted by Crippen LogP contribution is -1.77. The number of thiophene rings is 1. The van der Waals surface area contributed by atoms with Gasteiger partial charge in [-0.25, -0.2) is 0 Å². The summed E-state index contributed by atoms with van der Waals surface area (Å²) in [4.78, 5) is 4.22. The smallest absolute Gasteiger partial charge is 0.136 e. The van der Waals surface area contributed by atoms with E-state index in [0.717, 1.165) is 16.1 Å². The Bertz CT molecular complexity index is 657. The Morgan fingerprint density at radius 3 is 2.88 bits per heavy atom. The van der Waals surface area contributed by atoms with Crippen molar-refractivity contribution in [2.24, 2.45) is 0 Å². The molecule has 0 spiro atoms. The summed E-state index contributed by atoms with van der Waals surface area (Å²) in [6.07, 6.45) is 1.61. The van der Waals surface area contributed by atoms with E-state index in [-0.39, 0.29) is 0 Å². The molecule has 0 unspecified atom stereocenters. The lowest BCUT2D eigenvalue weighted by atomic mass is 10.2. The van der Waals surface area contributed by atoms with Gasteiger partial charge in [-0.3, -0.25) is 0 Å². The largest absolute Gasteiger partial charge is 0.464 e. The topological polar surface area (TPSA) is 52.7 Å². The number of aromatic amines is 1. The number of furan rings is 1. The van der Waals surface area contributed by atoms with Gasteiger partial charge in [-0.1, -0.05) is 6.07 Å². The Morgan fingerprint density at radius 2 is 2.24 bits per heavy atom. The van der Waals surface area contributed by atoms with E-state index in [0.29, 0.717) is 11.5 Å². The Hall–Kier alpha value is -2.25. The number of rotatable bonds is 2. The van der Waals surface area contributed by atoms with Crippen LogP contribution in [0, 0.1) is 11.3 Å². The number of nitrogens with one attached hydrogen (secondary N) is 1. The third-order valence-corrected chi connectivity index (χ3v) is 3.41. The Kier molecular flexibility index (Phi) is 2.32. The van der Waals surface area contributed by atoms with Crippen molar-refractivity contribution < 1.29 is 4.42 Å². The number of aromatic nitrogens is 1. The van der Waals surface area contributed by atoms with Gasteiger partial charge in [-0.05, 0) is 29.6 Å². The maximum Gasteiger partial charge on any atom is 0.136 e. The molecular formula is C13H8N2OS. The first-order chi connectivity index (χ1) is 8.38. The molecule has 0 atom stereocenters. The first-order valence-corrected chi connectivity index (χ1v) is 5.97. The second-order valence-electron chi connectivity index (χ2n) is 3.54. The molecule has 0 saturated carbocycles. The zero-order valence-corrected chi connectivity index (χ0v) is 9.62. The molecule has 0 aliphatic heterocycles. The summed E-state index contributed by atoms with van der Waals surface area (Å²) < 4.78 is 5.33. The summed E-state index contributed by atoms with van der Waals surface area (Å²) in [7, 11) is 0. The molecule has 3 aromatic heterocycles. The van der Waals surface area contributed by atoms with Crippen LogP contribution in [0.1, 0.15) is 5.69 Å². The summed E-state index contributed by atoms with van der Waals surface area (Å²) in [6, 6.07) is 11.8. The van der Waals surface area contributed by atoms with Gasteiger partial charge in [0.15, 0.2) is 0 Å². The van der Waals surface area contributed by atoms with Crippen molar-refractivity contribution in [1.29, 1.82) is 5.26 Å². The fraction of sp³-hybridized carbons (Fsp3) is 0. The van der Waals surface area contributed by atoms with Gasteiger partial charge in [0.2, 0.25) is 0 Å². The first-order valence-electron chi connectivity index (χ1n) is 5.09. The molecule has 0 aliphatic rings. The average molecular weight is 240 g/mol. The number of nitriles is 1. The molecule has 0 aromatic carbocycles. The van der Waals surface area contributed by atoms with Crippen LogP contribution in [-0.4, -0.2) is 4.98 Å². The maximum atomic E-state index is 9.11. The van der Waals surface area contributed by atoms with E-state index in [1.54, 1.807) is 17.6 Å². The van der Waals surface area contributed by atoms with E-state index in [9.17, 15) is 0 Å². The third kappa shape index (κ3) is 1.67. The van der Waals surface area contributed by atoms with Crippen molar-refractivity contribution in [2.75, 3.05) is 0 Å². The predicted octanol–water partition coefficient (Wildman–Crippen LogP) is 3.87. The van der Waals surface area contributed by atoms with Gasteiger partial charge >= 0.3 is 0 Å². The second-order valence-corrected chi connectivity index (χ2v) is 4.49. The van der Waals surface area contributed by atoms with Gasteiger partial charge in [0.25, 0.3) is 0 Å². The molecule has 0 amide bonds. The van der Waals surface area contributed by atoms with E-state index in [1.165, 1.54) is 0 Å². The Labute approximate surface area is 102 Å². The highest BCUT2D eigenvalue weighted by atomic mass is 32.1. The number of hydrogen-bond donors (Lipinski definition) is 1. The monoisotopic (exact) mass is 240 g/mol. The number of H-pyrrole nitrogens is 1. The maximum absolute atomic E-state index is 9.11. The summed E-state index contributed by atoms with van der Waals surface area (Å²) in [5.74, 6) is 0.709. The predicted molar refractivity (Wildman–Crippen MR) is 66.5 cm³/mol. The van der Waals surface area contributed by atoms with Crippen molar-refractivity contribution in [2.45, 2.75) is 0 Å². The molecule has 3 aromatic rings. The second kappa shape index (κ2) is 3.96. The van der Waals surface area contributed by atoms with Crippen LogP contribution >= 0.6 is 11.3 Å². The minimum absolute atomic E-state index is 0.531. The fourth-order valence-electron chi connectivity index (χ4n) is 1.73. The van der Waals surface area contributed by atoms with Crippen LogP contribution in [-0.2, 0) is 0 Å². The molecule has 0 aliphatic carbocycles. The van der Waals surface area contributed by atoms with Crippen LogP contribution in [0.5, 0.6) is 0 Å². The summed E-state index contributed by atoms with van der Waals surface area (Å²) >= 11 is 1.63. The minimum atomic E-state index is 0.531. The van der Waals surface area contributed by atoms with Gasteiger partial charge < -0.3 is 9.40 Å². The molecule has 3 heterocycles. The highest BCUT2D eigenvalue weighted by molar-refractivity contribution is 7.13. The van der Waals surface area contributed by atoms with Crippen LogP contribution < -0.4 is 0 Å². The highest BCUT2D eigenvalue weighted by Crippen LogP contribution is 2.31. The van der Waals surface area contributed by atoms with Crippen molar-refractivity contribution in [3.05, 3.63) is 47.7 Å². The van der Waals surface area contributed by atoms with E-state index in [4.69, 9.17) is 9.68 Å². The van der Waals surface area contributed by atoms with Crippen LogP contribution in [0.4, 0.5) is 0 Å². The molecule has 4 heteroatoms. The quantitative estimate of drug-likeness (QED) is 0.739. The number of nitrogens with zero attached hydrogens (tertiary/aromatic N) is 1. The van der Waals surface area contributed by atoms with Crippen LogP contribution in [0.3, 0.4) is 0 Å². The van der Waals surface area contributed by atoms with Crippen molar-refractivity contribution in [3.8, 4) is 28.0 Å². The molecule has 0 fully saturated rings. The van der Waals surface area contributed by atoms with Crippen LogP contribution in [0.25, 0.3) is 21.9 Å². The first kappa shape index (κ1) is 9.94. The van der Waals surface area contributed by atoms with Gasteiger partial charge in [-0.15, -0.1) is 11.3 Å². The highest BCUT2D eigenvalue weighted by Gasteiger charge is 2.13. The SMILES string of the molecule is N#Cc1[nH]c(-c2cccs2)cc1-c1ccco1. The van der Waals surface area contributed by atoms with Crippen LogP contribution in [0.2, 0.25) is 0 Å². The Balaban J connectivity index is 2.15. The normalized spacial score (nSPS) is 10.3. The molecule has 1 N–H and O–H groups in total. The summed E-state index contributed by atoms with van der Waals surface area (Å²) in [5, 5.41) is 11.1. The molecule has 17 heavy (non-hydrogen) atoms. The lowest BCUT2D eigenvalue weighted by Gasteiger charge is -1.89. The van der Waals surface area contributed by atoms with Gasteiger partial charge in [0, 0.05) is 0 Å². The van der Waals surface area contributed by atoms with Crippen molar-refractivity contribution in [3.63, 3.8) is 0 Å². The summed E-state index contributed by atoms with van der Waals surface area (Å²) in [6.45, 7) is 0. The van der Waals surface area contributed by atoms with Gasteiger partial charge in [0.1, 0.15) is 17.5 Å². The van der Waals surface area contributed by atoms with Crippen molar-refractivity contribution in [1.82, 2.24) is 4.98 Å². The van der Waals surface area contributed by atoms with Gasteiger partial charge in [-0.2, -0.15) is 5.26 Å². The molecule has 3 nitrogen and oxygen atoms in total. The molecule has 0 radical (unpaired) electrons.